The molecule has 8 nitrogen and oxygen atoms in total. The van der Waals surface area contributed by atoms with Crippen LogP contribution in [-0.4, -0.2) is 41.7 Å². The summed E-state index contributed by atoms with van der Waals surface area (Å²) in [6.45, 7) is 2.32. The number of nitrogens with zero attached hydrogens (tertiary/aromatic N) is 1. The van der Waals surface area contributed by atoms with Crippen LogP contribution in [0.15, 0.2) is 40.9 Å². The van der Waals surface area contributed by atoms with E-state index in [2.05, 4.69) is 15.9 Å². The zero-order valence-electron chi connectivity index (χ0n) is 15.0. The summed E-state index contributed by atoms with van der Waals surface area (Å²) in [7, 11) is 0. The molecule has 2 amide bonds. The highest BCUT2D eigenvalue weighted by Crippen LogP contribution is 2.54. The molecule has 4 rings (SSSR count). The zero-order valence-corrected chi connectivity index (χ0v) is 16.5. The maximum Gasteiger partial charge on any atom is 0.305 e. The van der Waals surface area contributed by atoms with E-state index in [1.165, 1.54) is 0 Å². The molecule has 0 aromatic heterocycles. The van der Waals surface area contributed by atoms with Gasteiger partial charge in [0.25, 0.3) is 6.29 Å². The number of hydrogen-bond donors (Lipinski definition) is 0. The normalized spacial score (nSPS) is 30.1. The minimum atomic E-state index is -1.54. The van der Waals surface area contributed by atoms with Crippen LogP contribution in [0, 0.1) is 11.8 Å². The molecular formula is C19H16BrNO7. The van der Waals surface area contributed by atoms with Crippen LogP contribution < -0.4 is 4.90 Å². The molecule has 28 heavy (non-hydrogen) atoms. The highest BCUT2D eigenvalue weighted by Gasteiger charge is 2.72. The molecule has 0 unspecified atom stereocenters. The molecule has 0 spiro atoms. The average Bonchev–Trinajstić information content (AvgIpc) is 3.25. The summed E-state index contributed by atoms with van der Waals surface area (Å²) in [5.41, 5.74) is -1.12. The first kappa shape index (κ1) is 18.8. The van der Waals surface area contributed by atoms with Crippen LogP contribution in [0.5, 0.6) is 0 Å². The number of rotatable bonds is 4. The van der Waals surface area contributed by atoms with Gasteiger partial charge in [0, 0.05) is 18.3 Å². The third-order valence-electron chi connectivity index (χ3n) is 5.06. The van der Waals surface area contributed by atoms with Crippen molar-refractivity contribution in [1.82, 2.24) is 0 Å². The Morgan fingerprint density at radius 1 is 1.18 bits per heavy atom. The molecular weight excluding hydrogens is 434 g/mol. The molecule has 1 aromatic carbocycles. The van der Waals surface area contributed by atoms with Crippen LogP contribution in [-0.2, 0) is 33.4 Å². The van der Waals surface area contributed by atoms with Crippen molar-refractivity contribution in [3.05, 3.63) is 40.9 Å². The van der Waals surface area contributed by atoms with Crippen molar-refractivity contribution in [2.45, 2.75) is 31.8 Å². The molecule has 3 aliphatic heterocycles. The molecule has 2 fully saturated rings. The van der Waals surface area contributed by atoms with Crippen molar-refractivity contribution in [2.75, 3.05) is 4.90 Å². The number of fused-ring (bicyclic) bond motifs is 5. The average molecular weight is 450 g/mol. The number of halogens is 1. The van der Waals surface area contributed by atoms with Gasteiger partial charge in [-0.1, -0.05) is 28.1 Å². The Balaban J connectivity index is 1.75. The van der Waals surface area contributed by atoms with Crippen LogP contribution in [0.3, 0.4) is 0 Å². The smallest absolute Gasteiger partial charge is 0.305 e. The van der Waals surface area contributed by atoms with E-state index in [0.29, 0.717) is 10.2 Å². The fraction of sp³-hybridized carbons (Fsp3) is 0.368. The number of carbonyl (C=O) groups is 4. The second-order valence-electron chi connectivity index (χ2n) is 6.84. The number of benzene rings is 1. The Hall–Kier alpha value is -2.52. The van der Waals surface area contributed by atoms with Gasteiger partial charge < -0.3 is 14.2 Å². The molecule has 0 N–H and O–H groups in total. The Morgan fingerprint density at radius 2 is 1.86 bits per heavy atom. The monoisotopic (exact) mass is 449 g/mol. The van der Waals surface area contributed by atoms with Crippen molar-refractivity contribution in [3.8, 4) is 0 Å². The molecule has 0 aliphatic carbocycles. The van der Waals surface area contributed by atoms with Gasteiger partial charge in [-0.15, -0.1) is 0 Å². The van der Waals surface area contributed by atoms with Crippen LogP contribution in [0.4, 0.5) is 5.69 Å². The Labute approximate surface area is 168 Å². The van der Waals surface area contributed by atoms with Crippen LogP contribution >= 0.6 is 15.9 Å². The molecule has 0 saturated carbocycles. The first-order valence-electron chi connectivity index (χ1n) is 8.59. The van der Waals surface area contributed by atoms with Crippen LogP contribution in [0.2, 0.25) is 0 Å². The minimum Gasteiger partial charge on any atom is -0.422 e. The maximum absolute atomic E-state index is 13.3. The van der Waals surface area contributed by atoms with Crippen molar-refractivity contribution in [1.29, 1.82) is 0 Å². The van der Waals surface area contributed by atoms with Gasteiger partial charge in [0.05, 0.1) is 23.6 Å². The number of hydrogen-bond acceptors (Lipinski definition) is 7. The number of ether oxygens (including phenoxy) is 3. The molecule has 3 aliphatic rings. The van der Waals surface area contributed by atoms with Gasteiger partial charge in [-0.25, -0.2) is 4.90 Å². The topological polar surface area (TPSA) is 99.2 Å². The summed E-state index contributed by atoms with van der Waals surface area (Å²) < 4.78 is 17.0. The SMILES string of the molecule is CC(=O)OC(OC(C)=O)[C@@]12C=C[C@@H](O1)[C@H]1C(=O)N(c3cccc(Br)c3)C(=O)[C@H]12. The second-order valence-corrected chi connectivity index (χ2v) is 7.76. The summed E-state index contributed by atoms with van der Waals surface area (Å²) in [6, 6.07) is 6.81. The Bertz CT molecular complexity index is 913. The standard InChI is InChI=1S/C19H16BrNO7/c1-9(22)26-18(27-10(2)23)19-7-6-13(28-19)14-15(19)17(25)21(16(14)24)12-5-3-4-11(20)8-12/h3-8,13-15,18H,1-2H3/t13-,14-,15+,19+/m1/s1. The quantitative estimate of drug-likeness (QED) is 0.298. The summed E-state index contributed by atoms with van der Waals surface area (Å²) in [6.07, 6.45) is 1.03. The maximum atomic E-state index is 13.3. The lowest BCUT2D eigenvalue weighted by Gasteiger charge is -2.34. The van der Waals surface area contributed by atoms with Crippen molar-refractivity contribution in [3.63, 3.8) is 0 Å². The van der Waals surface area contributed by atoms with E-state index < -0.39 is 53.6 Å². The predicted molar refractivity (Wildman–Crippen MR) is 97.7 cm³/mol. The predicted octanol–water partition coefficient (Wildman–Crippen LogP) is 1.71. The fourth-order valence-electron chi connectivity index (χ4n) is 4.09. The largest absolute Gasteiger partial charge is 0.422 e. The highest BCUT2D eigenvalue weighted by molar-refractivity contribution is 9.10. The van der Waals surface area contributed by atoms with E-state index in [1.807, 2.05) is 0 Å². The molecule has 9 heteroatoms. The molecule has 4 atom stereocenters. The Morgan fingerprint density at radius 3 is 2.46 bits per heavy atom. The molecule has 2 bridgehead atoms. The summed E-state index contributed by atoms with van der Waals surface area (Å²) >= 11 is 3.33. The minimum absolute atomic E-state index is 0.409. The van der Waals surface area contributed by atoms with E-state index in [0.717, 1.165) is 18.7 Å². The third-order valence-corrected chi connectivity index (χ3v) is 5.55. The van der Waals surface area contributed by atoms with Crippen molar-refractivity contribution < 1.29 is 33.4 Å². The second kappa shape index (κ2) is 6.52. The lowest BCUT2D eigenvalue weighted by Crippen LogP contribution is -2.52. The highest BCUT2D eigenvalue weighted by atomic mass is 79.9. The van der Waals surface area contributed by atoms with E-state index in [1.54, 1.807) is 36.4 Å². The van der Waals surface area contributed by atoms with E-state index >= 15 is 0 Å². The van der Waals surface area contributed by atoms with Crippen LogP contribution in [0.25, 0.3) is 0 Å². The summed E-state index contributed by atoms with van der Waals surface area (Å²) in [5.74, 6) is -4.07. The number of anilines is 1. The molecule has 3 heterocycles. The lowest BCUT2D eigenvalue weighted by molar-refractivity contribution is -0.226. The molecule has 2 saturated heterocycles. The first-order chi connectivity index (χ1) is 13.2. The number of amides is 2. The van der Waals surface area contributed by atoms with Crippen molar-refractivity contribution in [2.24, 2.45) is 11.8 Å². The van der Waals surface area contributed by atoms with Gasteiger partial charge in [-0.2, -0.15) is 0 Å². The van der Waals surface area contributed by atoms with Gasteiger partial charge in [0.1, 0.15) is 0 Å². The van der Waals surface area contributed by atoms with E-state index in [4.69, 9.17) is 14.2 Å². The molecule has 146 valence electrons. The number of carbonyl (C=O) groups excluding carboxylic acids is 4. The summed E-state index contributed by atoms with van der Waals surface area (Å²) in [5, 5.41) is 0. The Kier molecular flexibility index (Phi) is 4.39. The van der Waals surface area contributed by atoms with E-state index in [9.17, 15) is 19.2 Å². The van der Waals surface area contributed by atoms with Crippen LogP contribution in [0.1, 0.15) is 13.8 Å². The fourth-order valence-corrected chi connectivity index (χ4v) is 4.47. The van der Waals surface area contributed by atoms with Gasteiger partial charge in [0.2, 0.25) is 11.8 Å². The van der Waals surface area contributed by atoms with Gasteiger partial charge in [-0.05, 0) is 24.3 Å². The lowest BCUT2D eigenvalue weighted by atomic mass is 9.76. The first-order valence-corrected chi connectivity index (χ1v) is 9.39. The van der Waals surface area contributed by atoms with Gasteiger partial charge in [0.15, 0.2) is 5.60 Å². The number of esters is 2. The molecule has 0 radical (unpaired) electrons. The summed E-state index contributed by atoms with van der Waals surface area (Å²) in [4.78, 5) is 50.6. The zero-order chi connectivity index (χ0) is 20.2. The van der Waals surface area contributed by atoms with Gasteiger partial charge >= 0.3 is 11.9 Å². The van der Waals surface area contributed by atoms with Crippen molar-refractivity contribution >= 4 is 45.4 Å². The van der Waals surface area contributed by atoms with Gasteiger partial charge in [-0.3, -0.25) is 19.2 Å². The molecule has 1 aromatic rings. The number of imide groups is 1. The third kappa shape index (κ3) is 2.68. The van der Waals surface area contributed by atoms with E-state index in [-0.39, 0.29) is 0 Å².